The second kappa shape index (κ2) is 27.6. The molecule has 3 saturated heterocycles. The number of fused-ring (bicyclic) bond motifs is 2. The Bertz CT molecular complexity index is 1910. The van der Waals surface area contributed by atoms with Gasteiger partial charge in [0.1, 0.15) is 48.1 Å². The maximum absolute atomic E-state index is 14.3. The van der Waals surface area contributed by atoms with Crippen molar-refractivity contribution in [3.8, 4) is 5.75 Å². The molecule has 1 unspecified atom stereocenters. The number of nitrogens with one attached hydrogen (secondary N) is 5. The van der Waals surface area contributed by atoms with Crippen LogP contribution < -0.4 is 26.6 Å². The lowest BCUT2D eigenvalue weighted by atomic mass is 9.99. The summed E-state index contributed by atoms with van der Waals surface area (Å²) in [5.74, 6) is -7.57. The van der Waals surface area contributed by atoms with Crippen molar-refractivity contribution in [3.05, 3.63) is 29.8 Å². The molecule has 70 heavy (non-hydrogen) atoms. The summed E-state index contributed by atoms with van der Waals surface area (Å²) in [6, 6.07) is -5.18. The number of amides is 7. The third-order valence-corrected chi connectivity index (χ3v) is 13.7. The summed E-state index contributed by atoms with van der Waals surface area (Å²) >= 11 is 0. The molecule has 4 rings (SSSR count). The van der Waals surface area contributed by atoms with E-state index in [9.17, 15) is 74.4 Å². The van der Waals surface area contributed by atoms with Crippen LogP contribution in [-0.2, 0) is 40.0 Å². The van der Waals surface area contributed by atoms with E-state index in [4.69, 9.17) is 0 Å². The molecular formula is C48H77N7O15. The van der Waals surface area contributed by atoms with Crippen molar-refractivity contribution in [1.82, 2.24) is 36.4 Å². The topological polar surface area (TPSA) is 348 Å². The van der Waals surface area contributed by atoms with Crippen molar-refractivity contribution in [2.45, 2.75) is 191 Å². The SMILES string of the molecule is CCC(C)CCCCCCCCCCC(=O)N[C@@H]1C[C@@H](O)[C@@H](O)NC(=O)[C@@H]2[C@@H](O)[C@@H](C)CN2C(=O)[C@H](CO)NC(=O)[C@H]([C@H](O)Cc2ccc(O)cc2)NC(=O)[C@@H]2C[C@@H](O)CN2C(=O)[C@H]([C@@H](C)O)NC1=O. The van der Waals surface area contributed by atoms with Gasteiger partial charge < -0.3 is 77.2 Å². The van der Waals surface area contributed by atoms with Gasteiger partial charge in [-0.25, -0.2) is 0 Å². The third kappa shape index (κ3) is 16.3. The zero-order chi connectivity index (χ0) is 51.8. The van der Waals surface area contributed by atoms with Crippen LogP contribution in [0.5, 0.6) is 5.75 Å². The number of phenolic OH excluding ortho intramolecular Hbond substituents is 1. The molecule has 0 aliphatic carbocycles. The third-order valence-electron chi connectivity index (χ3n) is 13.7. The zero-order valence-corrected chi connectivity index (χ0v) is 40.7. The van der Waals surface area contributed by atoms with Crippen molar-refractivity contribution >= 4 is 41.4 Å². The van der Waals surface area contributed by atoms with E-state index in [-0.39, 0.29) is 25.1 Å². The summed E-state index contributed by atoms with van der Waals surface area (Å²) in [4.78, 5) is 99.4. The highest BCUT2D eigenvalue weighted by molar-refractivity contribution is 5.98. The lowest BCUT2D eigenvalue weighted by Crippen LogP contribution is -2.63. The Morgan fingerprint density at radius 2 is 1.36 bits per heavy atom. The number of aromatic hydroxyl groups is 1. The molecule has 0 radical (unpaired) electrons. The van der Waals surface area contributed by atoms with Gasteiger partial charge in [-0.05, 0) is 37.0 Å². The highest BCUT2D eigenvalue weighted by atomic mass is 16.3. The second-order valence-corrected chi connectivity index (χ2v) is 19.5. The molecule has 394 valence electrons. The number of hydrogen-bond donors (Lipinski definition) is 13. The molecule has 3 aliphatic rings. The minimum absolute atomic E-state index is 0.0340. The smallest absolute Gasteiger partial charge is 0.248 e. The zero-order valence-electron chi connectivity index (χ0n) is 40.7. The largest absolute Gasteiger partial charge is 0.508 e. The fourth-order valence-electron chi connectivity index (χ4n) is 9.14. The Hall–Kier alpha value is -4.97. The van der Waals surface area contributed by atoms with E-state index in [1.165, 1.54) is 50.5 Å². The van der Waals surface area contributed by atoms with Gasteiger partial charge in [0.2, 0.25) is 41.4 Å². The minimum atomic E-state index is -2.19. The average Bonchev–Trinajstić information content (AvgIpc) is 3.86. The van der Waals surface area contributed by atoms with Crippen LogP contribution in [0, 0.1) is 11.8 Å². The lowest BCUT2D eigenvalue weighted by Gasteiger charge is -2.32. The molecule has 7 amide bonds. The van der Waals surface area contributed by atoms with Crippen LogP contribution in [-0.4, -0.2) is 185 Å². The van der Waals surface area contributed by atoms with Crippen molar-refractivity contribution in [1.29, 1.82) is 0 Å². The quantitative estimate of drug-likeness (QED) is 0.0703. The van der Waals surface area contributed by atoms with E-state index in [1.54, 1.807) is 0 Å². The number of aliphatic hydroxyl groups excluding tert-OH is 7. The van der Waals surface area contributed by atoms with Crippen LogP contribution in [0.2, 0.25) is 0 Å². The minimum Gasteiger partial charge on any atom is -0.508 e. The lowest BCUT2D eigenvalue weighted by molar-refractivity contribution is -0.147. The molecule has 14 atom stereocenters. The molecule has 0 bridgehead atoms. The Balaban J connectivity index is 1.63. The Morgan fingerprint density at radius 1 is 0.743 bits per heavy atom. The van der Waals surface area contributed by atoms with Gasteiger partial charge in [-0.2, -0.15) is 0 Å². The molecule has 3 fully saturated rings. The van der Waals surface area contributed by atoms with Crippen molar-refractivity contribution in [2.24, 2.45) is 11.8 Å². The number of phenols is 1. The standard InChI is InChI=1S/C48H77N7O15/c1-5-26(2)14-12-10-8-6-7-9-11-13-15-37(62)49-32-22-36(61)44(66)53-46(68)40-41(63)27(3)23-55(40)47(69)33(25-56)50-45(67)39(35(60)20-29-16-18-30(58)19-17-29)52-43(65)34-21-31(59)24-54(34)48(70)38(28(4)57)51-42(32)64/h16-19,26-28,31-36,38-41,44,56-61,63,66H,5-15,20-25H2,1-4H3,(H,49,62)(H,50,67)(H,51,64)(H,52,65)(H,53,68)/t26?,27-,28+,31+,32+,33-,34-,35+,36+,38-,39-,40-,41-,44+/m0/s1. The molecule has 22 nitrogen and oxygen atoms in total. The average molecular weight is 992 g/mol. The van der Waals surface area contributed by atoms with Gasteiger partial charge in [-0.1, -0.05) is 90.7 Å². The fraction of sp³-hybridized carbons (Fsp3) is 0.729. The van der Waals surface area contributed by atoms with Gasteiger partial charge in [-0.3, -0.25) is 33.6 Å². The van der Waals surface area contributed by atoms with Crippen molar-refractivity contribution in [3.63, 3.8) is 0 Å². The first-order chi connectivity index (χ1) is 33.2. The number of carbonyl (C=O) groups is 7. The maximum atomic E-state index is 14.3. The van der Waals surface area contributed by atoms with Gasteiger partial charge in [0.15, 0.2) is 6.23 Å². The molecule has 3 heterocycles. The summed E-state index contributed by atoms with van der Waals surface area (Å²) in [6.07, 6.45) is -2.14. The first kappa shape index (κ1) is 57.6. The number of nitrogens with zero attached hydrogens (tertiary/aromatic N) is 2. The van der Waals surface area contributed by atoms with E-state index in [0.717, 1.165) is 54.7 Å². The highest BCUT2D eigenvalue weighted by Gasteiger charge is 2.49. The van der Waals surface area contributed by atoms with Gasteiger partial charge in [0, 0.05) is 44.7 Å². The predicted octanol–water partition coefficient (Wildman–Crippen LogP) is -2.08. The molecule has 1 aromatic carbocycles. The number of rotatable bonds is 18. The molecular weight excluding hydrogens is 915 g/mol. The van der Waals surface area contributed by atoms with Gasteiger partial charge >= 0.3 is 0 Å². The summed E-state index contributed by atoms with van der Waals surface area (Å²) < 4.78 is 0. The molecule has 3 aliphatic heterocycles. The van der Waals surface area contributed by atoms with Crippen molar-refractivity contribution < 1.29 is 74.4 Å². The highest BCUT2D eigenvalue weighted by Crippen LogP contribution is 2.26. The first-order valence-corrected chi connectivity index (χ1v) is 24.8. The summed E-state index contributed by atoms with van der Waals surface area (Å²) in [6.45, 7) is 5.23. The predicted molar refractivity (Wildman–Crippen MR) is 252 cm³/mol. The normalized spacial score (nSPS) is 30.0. The van der Waals surface area contributed by atoms with E-state index < -0.39 is 146 Å². The van der Waals surface area contributed by atoms with E-state index in [0.29, 0.717) is 18.4 Å². The van der Waals surface area contributed by atoms with E-state index in [2.05, 4.69) is 40.4 Å². The number of unbranched alkanes of at least 4 members (excludes halogenated alkanes) is 7. The van der Waals surface area contributed by atoms with Gasteiger partial charge in [-0.15, -0.1) is 0 Å². The van der Waals surface area contributed by atoms with Crippen LogP contribution in [0.3, 0.4) is 0 Å². The van der Waals surface area contributed by atoms with Crippen LogP contribution in [0.25, 0.3) is 0 Å². The van der Waals surface area contributed by atoms with Crippen LogP contribution in [0.4, 0.5) is 0 Å². The second-order valence-electron chi connectivity index (χ2n) is 19.5. The number of aliphatic hydroxyl groups is 7. The van der Waals surface area contributed by atoms with E-state index in [1.807, 2.05) is 0 Å². The Morgan fingerprint density at radius 3 is 1.97 bits per heavy atom. The fourth-order valence-corrected chi connectivity index (χ4v) is 9.14. The van der Waals surface area contributed by atoms with Crippen molar-refractivity contribution in [2.75, 3.05) is 19.7 Å². The first-order valence-electron chi connectivity index (χ1n) is 24.8. The summed E-state index contributed by atoms with van der Waals surface area (Å²) in [5, 5.41) is 98.5. The van der Waals surface area contributed by atoms with E-state index >= 15 is 0 Å². The molecule has 1 aromatic rings. The number of carbonyl (C=O) groups excluding carboxylic acids is 7. The van der Waals surface area contributed by atoms with Crippen LogP contribution in [0.1, 0.15) is 117 Å². The maximum Gasteiger partial charge on any atom is 0.248 e. The molecule has 0 saturated carbocycles. The van der Waals surface area contributed by atoms with Crippen LogP contribution in [0.15, 0.2) is 24.3 Å². The summed E-state index contributed by atoms with van der Waals surface area (Å²) in [7, 11) is 0. The monoisotopic (exact) mass is 992 g/mol. The molecule has 22 heteroatoms. The van der Waals surface area contributed by atoms with Gasteiger partial charge in [0.05, 0.1) is 31.0 Å². The Kier molecular flexibility index (Phi) is 22.7. The molecule has 0 spiro atoms. The number of hydrogen-bond acceptors (Lipinski definition) is 15. The summed E-state index contributed by atoms with van der Waals surface area (Å²) in [5.41, 5.74) is 0.382. The molecule has 13 N–H and O–H groups in total. The molecule has 0 aromatic heterocycles. The number of benzene rings is 1. The Labute approximate surface area is 408 Å². The van der Waals surface area contributed by atoms with Gasteiger partial charge in [0.25, 0.3) is 0 Å². The van der Waals surface area contributed by atoms with Crippen LogP contribution >= 0.6 is 0 Å².